The Bertz CT molecular complexity index is 945. The molecule has 0 N–H and O–H groups in total. The van der Waals surface area contributed by atoms with E-state index in [2.05, 4.69) is 9.88 Å². The molecule has 2 aromatic rings. The molecule has 6 nitrogen and oxygen atoms in total. The maximum atomic E-state index is 12.7. The summed E-state index contributed by atoms with van der Waals surface area (Å²) in [5, 5.41) is 3.09. The number of hydrogen-bond donors (Lipinski definition) is 0. The van der Waals surface area contributed by atoms with Crippen molar-refractivity contribution >= 4 is 27.1 Å². The zero-order chi connectivity index (χ0) is 19.7. The number of thiazole rings is 1. The van der Waals surface area contributed by atoms with Crippen molar-refractivity contribution in [3.8, 4) is 11.3 Å². The Labute approximate surface area is 170 Å². The molecule has 2 aliphatic rings. The molecule has 0 aliphatic carbocycles. The predicted octanol–water partition coefficient (Wildman–Crippen LogP) is 1.99. The third kappa shape index (κ3) is 4.45. The van der Waals surface area contributed by atoms with Crippen molar-refractivity contribution in [1.82, 2.24) is 14.8 Å². The number of carbonyl (C=O) groups excluding carboxylic acids is 1. The van der Waals surface area contributed by atoms with Crippen molar-refractivity contribution in [2.45, 2.75) is 25.8 Å². The van der Waals surface area contributed by atoms with Crippen LogP contribution in [0, 0.1) is 6.92 Å². The predicted molar refractivity (Wildman–Crippen MR) is 111 cm³/mol. The van der Waals surface area contributed by atoms with Crippen LogP contribution in [0.5, 0.6) is 0 Å². The van der Waals surface area contributed by atoms with E-state index in [0.29, 0.717) is 25.3 Å². The van der Waals surface area contributed by atoms with E-state index < -0.39 is 9.84 Å². The van der Waals surface area contributed by atoms with Gasteiger partial charge in [0.05, 0.1) is 28.6 Å². The summed E-state index contributed by atoms with van der Waals surface area (Å²) >= 11 is 1.63. The smallest absolute Gasteiger partial charge is 0.227 e. The Hall–Kier alpha value is -1.77. The fourth-order valence-electron chi connectivity index (χ4n) is 3.98. The molecular weight excluding hydrogens is 394 g/mol. The third-order valence-corrected chi connectivity index (χ3v) is 8.14. The van der Waals surface area contributed by atoms with E-state index >= 15 is 0 Å². The van der Waals surface area contributed by atoms with E-state index in [1.165, 1.54) is 0 Å². The number of piperazine rings is 1. The minimum Gasteiger partial charge on any atom is -0.340 e. The monoisotopic (exact) mass is 419 g/mol. The average molecular weight is 420 g/mol. The SMILES string of the molecule is Cc1nc(-c2ccc(CC(=O)N3CCN(C4CCS(=O)(=O)C4)CC3)cc2)cs1. The number of hydrogen-bond acceptors (Lipinski definition) is 6. The number of amides is 1. The number of nitrogens with zero attached hydrogens (tertiary/aromatic N) is 3. The van der Waals surface area contributed by atoms with Gasteiger partial charge in [0.2, 0.25) is 5.91 Å². The van der Waals surface area contributed by atoms with Crippen LogP contribution in [0.25, 0.3) is 11.3 Å². The van der Waals surface area contributed by atoms with Gasteiger partial charge in [0.25, 0.3) is 0 Å². The largest absolute Gasteiger partial charge is 0.340 e. The topological polar surface area (TPSA) is 70.6 Å². The van der Waals surface area contributed by atoms with E-state index in [4.69, 9.17) is 0 Å². The van der Waals surface area contributed by atoms with Crippen LogP contribution in [0.15, 0.2) is 29.6 Å². The summed E-state index contributed by atoms with van der Waals surface area (Å²) in [6.07, 6.45) is 1.12. The number of aromatic nitrogens is 1. The minimum atomic E-state index is -2.86. The molecular formula is C20H25N3O3S2. The van der Waals surface area contributed by atoms with E-state index in [0.717, 1.165) is 41.3 Å². The highest BCUT2D eigenvalue weighted by molar-refractivity contribution is 7.91. The summed E-state index contributed by atoms with van der Waals surface area (Å²) in [6.45, 7) is 4.85. The zero-order valence-corrected chi connectivity index (χ0v) is 17.6. The summed E-state index contributed by atoms with van der Waals surface area (Å²) in [5.74, 6) is 0.704. The number of aryl methyl sites for hydroxylation is 1. The molecule has 3 heterocycles. The minimum absolute atomic E-state index is 0.129. The van der Waals surface area contributed by atoms with Crippen LogP contribution in [-0.2, 0) is 21.1 Å². The fourth-order valence-corrected chi connectivity index (χ4v) is 6.36. The lowest BCUT2D eigenvalue weighted by atomic mass is 10.1. The Balaban J connectivity index is 1.30. The first kappa shape index (κ1) is 19.5. The van der Waals surface area contributed by atoms with Crippen LogP contribution in [0.3, 0.4) is 0 Å². The first-order chi connectivity index (χ1) is 13.4. The summed E-state index contributed by atoms with van der Waals surface area (Å²) < 4.78 is 23.4. The third-order valence-electron chi connectivity index (χ3n) is 5.62. The second-order valence-corrected chi connectivity index (χ2v) is 10.9. The second kappa shape index (κ2) is 7.93. The van der Waals surface area contributed by atoms with Gasteiger partial charge in [-0.05, 0) is 18.9 Å². The molecule has 1 amide bonds. The maximum absolute atomic E-state index is 12.7. The van der Waals surface area contributed by atoms with Gasteiger partial charge in [-0.2, -0.15) is 0 Å². The molecule has 28 heavy (non-hydrogen) atoms. The van der Waals surface area contributed by atoms with Crippen LogP contribution < -0.4 is 0 Å². The quantitative estimate of drug-likeness (QED) is 0.758. The van der Waals surface area contributed by atoms with E-state index in [-0.39, 0.29) is 17.7 Å². The number of carbonyl (C=O) groups is 1. The normalized spacial score (nSPS) is 22.5. The van der Waals surface area contributed by atoms with Crippen molar-refractivity contribution < 1.29 is 13.2 Å². The van der Waals surface area contributed by atoms with Gasteiger partial charge in [0, 0.05) is 43.2 Å². The van der Waals surface area contributed by atoms with Crippen molar-refractivity contribution in [2.75, 3.05) is 37.7 Å². The highest BCUT2D eigenvalue weighted by atomic mass is 32.2. The molecule has 2 aliphatic heterocycles. The first-order valence-corrected chi connectivity index (χ1v) is 12.3. The summed E-state index contributed by atoms with van der Waals surface area (Å²) in [7, 11) is -2.86. The Morgan fingerprint density at radius 1 is 1.18 bits per heavy atom. The summed E-state index contributed by atoms with van der Waals surface area (Å²) in [4.78, 5) is 21.3. The van der Waals surface area contributed by atoms with Gasteiger partial charge in [-0.15, -0.1) is 11.3 Å². The van der Waals surface area contributed by atoms with Gasteiger partial charge >= 0.3 is 0 Å². The van der Waals surface area contributed by atoms with E-state index in [9.17, 15) is 13.2 Å². The molecule has 0 bridgehead atoms. The summed E-state index contributed by atoms with van der Waals surface area (Å²) in [5.41, 5.74) is 3.05. The average Bonchev–Trinajstić information content (AvgIpc) is 3.27. The van der Waals surface area contributed by atoms with Crippen LogP contribution in [-0.4, -0.2) is 72.8 Å². The molecule has 1 unspecified atom stereocenters. The van der Waals surface area contributed by atoms with Crippen molar-refractivity contribution in [3.63, 3.8) is 0 Å². The van der Waals surface area contributed by atoms with Gasteiger partial charge < -0.3 is 4.90 Å². The second-order valence-electron chi connectivity index (χ2n) is 7.60. The molecule has 2 fully saturated rings. The highest BCUT2D eigenvalue weighted by Gasteiger charge is 2.34. The van der Waals surface area contributed by atoms with Crippen LogP contribution in [0.4, 0.5) is 0 Å². The molecule has 4 rings (SSSR count). The molecule has 1 aromatic heterocycles. The van der Waals surface area contributed by atoms with Crippen molar-refractivity contribution in [3.05, 3.63) is 40.2 Å². The Morgan fingerprint density at radius 2 is 1.89 bits per heavy atom. The molecule has 0 spiro atoms. The van der Waals surface area contributed by atoms with Crippen molar-refractivity contribution in [2.24, 2.45) is 0 Å². The lowest BCUT2D eigenvalue weighted by Gasteiger charge is -2.37. The lowest BCUT2D eigenvalue weighted by Crippen LogP contribution is -2.52. The van der Waals surface area contributed by atoms with E-state index in [1.54, 1.807) is 11.3 Å². The Kier molecular flexibility index (Phi) is 5.53. The van der Waals surface area contributed by atoms with Gasteiger partial charge in [-0.3, -0.25) is 9.69 Å². The van der Waals surface area contributed by atoms with Crippen LogP contribution in [0.2, 0.25) is 0 Å². The standard InChI is InChI=1S/C20H25N3O3S2/c1-15-21-19(13-27-15)17-4-2-16(3-5-17)12-20(24)23-9-7-22(8-10-23)18-6-11-28(25,26)14-18/h2-5,13,18H,6-12,14H2,1H3. The lowest BCUT2D eigenvalue weighted by molar-refractivity contribution is -0.132. The van der Waals surface area contributed by atoms with E-state index in [1.807, 2.05) is 41.5 Å². The molecule has 150 valence electrons. The summed E-state index contributed by atoms with van der Waals surface area (Å²) in [6, 6.07) is 8.18. The van der Waals surface area contributed by atoms with Crippen LogP contribution >= 0.6 is 11.3 Å². The number of rotatable bonds is 4. The van der Waals surface area contributed by atoms with Gasteiger partial charge in [-0.25, -0.2) is 13.4 Å². The van der Waals surface area contributed by atoms with Crippen LogP contribution in [0.1, 0.15) is 17.0 Å². The highest BCUT2D eigenvalue weighted by Crippen LogP contribution is 2.23. The van der Waals surface area contributed by atoms with Crippen molar-refractivity contribution in [1.29, 1.82) is 0 Å². The molecule has 2 saturated heterocycles. The zero-order valence-electron chi connectivity index (χ0n) is 16.0. The molecule has 8 heteroatoms. The van der Waals surface area contributed by atoms with Gasteiger partial charge in [-0.1, -0.05) is 24.3 Å². The Morgan fingerprint density at radius 3 is 2.46 bits per heavy atom. The molecule has 1 aromatic carbocycles. The number of sulfone groups is 1. The maximum Gasteiger partial charge on any atom is 0.227 e. The molecule has 0 radical (unpaired) electrons. The fraction of sp³-hybridized carbons (Fsp3) is 0.500. The van der Waals surface area contributed by atoms with Gasteiger partial charge in [0.15, 0.2) is 9.84 Å². The molecule has 0 saturated carbocycles. The number of benzene rings is 1. The first-order valence-electron chi connectivity index (χ1n) is 9.63. The molecule has 1 atom stereocenters. The van der Waals surface area contributed by atoms with Gasteiger partial charge in [0.1, 0.15) is 0 Å².